The lowest BCUT2D eigenvalue weighted by Gasteiger charge is -2.40. The van der Waals surface area contributed by atoms with Crippen LogP contribution in [0.25, 0.3) is 0 Å². The summed E-state index contributed by atoms with van der Waals surface area (Å²) in [6, 6.07) is 1.95. The molecular weight excluding hydrogens is 172 g/mol. The zero-order chi connectivity index (χ0) is 10.1. The minimum absolute atomic E-state index is 0.443. The summed E-state index contributed by atoms with van der Waals surface area (Å²) in [5, 5.41) is 0. The fourth-order valence-electron chi connectivity index (χ4n) is 2.75. The zero-order valence-electron chi connectivity index (χ0n) is 9.58. The van der Waals surface area contributed by atoms with Crippen molar-refractivity contribution in [3.05, 3.63) is 0 Å². The Kier molecular flexibility index (Phi) is 3.13. The Labute approximate surface area is 87.8 Å². The normalized spacial score (nSPS) is 37.1. The molecule has 0 radical (unpaired) electrons. The SMILES string of the molecule is CC1CCCC(C)N1CC(N)C1CC1. The van der Waals surface area contributed by atoms with Gasteiger partial charge in [0.2, 0.25) is 0 Å². The molecule has 1 heterocycles. The Morgan fingerprint density at radius 2 is 1.71 bits per heavy atom. The van der Waals surface area contributed by atoms with Crippen molar-refractivity contribution in [3.63, 3.8) is 0 Å². The summed E-state index contributed by atoms with van der Waals surface area (Å²) in [5.41, 5.74) is 6.19. The molecule has 2 rings (SSSR count). The average molecular weight is 196 g/mol. The molecule has 0 spiro atoms. The van der Waals surface area contributed by atoms with Gasteiger partial charge in [-0.15, -0.1) is 0 Å². The third-order valence-corrected chi connectivity index (χ3v) is 4.03. The summed E-state index contributed by atoms with van der Waals surface area (Å²) < 4.78 is 0. The Morgan fingerprint density at radius 1 is 1.14 bits per heavy atom. The number of hydrogen-bond acceptors (Lipinski definition) is 2. The summed E-state index contributed by atoms with van der Waals surface area (Å²) in [4.78, 5) is 2.63. The van der Waals surface area contributed by atoms with Crippen molar-refractivity contribution >= 4 is 0 Å². The maximum atomic E-state index is 6.19. The van der Waals surface area contributed by atoms with Crippen molar-refractivity contribution < 1.29 is 0 Å². The first kappa shape index (κ1) is 10.4. The van der Waals surface area contributed by atoms with Gasteiger partial charge in [-0.2, -0.15) is 0 Å². The summed E-state index contributed by atoms with van der Waals surface area (Å²) in [5.74, 6) is 0.844. The second-order valence-electron chi connectivity index (χ2n) is 5.33. The van der Waals surface area contributed by atoms with Gasteiger partial charge in [-0.05, 0) is 45.4 Å². The van der Waals surface area contributed by atoms with Gasteiger partial charge in [0.05, 0.1) is 0 Å². The van der Waals surface area contributed by atoms with E-state index >= 15 is 0 Å². The molecule has 1 aliphatic carbocycles. The molecule has 2 heteroatoms. The maximum Gasteiger partial charge on any atom is 0.0196 e. The Hall–Kier alpha value is -0.0800. The first-order valence-corrected chi connectivity index (χ1v) is 6.20. The van der Waals surface area contributed by atoms with Gasteiger partial charge in [-0.25, -0.2) is 0 Å². The Morgan fingerprint density at radius 3 is 2.21 bits per heavy atom. The molecule has 0 aromatic rings. The molecular formula is C12H24N2. The molecule has 3 unspecified atom stereocenters. The molecule has 1 saturated carbocycles. The maximum absolute atomic E-state index is 6.19. The molecule has 1 saturated heterocycles. The minimum Gasteiger partial charge on any atom is -0.326 e. The van der Waals surface area contributed by atoms with Crippen LogP contribution in [0.3, 0.4) is 0 Å². The van der Waals surface area contributed by atoms with Crippen LogP contribution in [0.15, 0.2) is 0 Å². The van der Waals surface area contributed by atoms with Crippen LogP contribution in [-0.4, -0.2) is 29.6 Å². The van der Waals surface area contributed by atoms with E-state index in [2.05, 4.69) is 18.7 Å². The lowest BCUT2D eigenvalue weighted by molar-refractivity contribution is 0.0934. The van der Waals surface area contributed by atoms with E-state index in [9.17, 15) is 0 Å². The predicted molar refractivity (Wildman–Crippen MR) is 60.2 cm³/mol. The number of nitrogens with two attached hydrogens (primary N) is 1. The summed E-state index contributed by atoms with van der Waals surface area (Å²) in [6.45, 7) is 5.84. The van der Waals surface area contributed by atoms with E-state index in [1.807, 2.05) is 0 Å². The highest BCUT2D eigenvalue weighted by Gasteiger charge is 2.33. The van der Waals surface area contributed by atoms with Gasteiger partial charge < -0.3 is 5.73 Å². The van der Waals surface area contributed by atoms with Crippen molar-refractivity contribution in [1.29, 1.82) is 0 Å². The van der Waals surface area contributed by atoms with E-state index in [0.717, 1.165) is 24.5 Å². The van der Waals surface area contributed by atoms with Gasteiger partial charge in [0.15, 0.2) is 0 Å². The molecule has 82 valence electrons. The van der Waals surface area contributed by atoms with Crippen LogP contribution in [0.4, 0.5) is 0 Å². The topological polar surface area (TPSA) is 29.3 Å². The second kappa shape index (κ2) is 4.19. The quantitative estimate of drug-likeness (QED) is 0.748. The summed E-state index contributed by atoms with van der Waals surface area (Å²) >= 11 is 0. The molecule has 3 atom stereocenters. The van der Waals surface area contributed by atoms with E-state index in [-0.39, 0.29) is 0 Å². The number of likely N-dealkylation sites (tertiary alicyclic amines) is 1. The van der Waals surface area contributed by atoms with Crippen molar-refractivity contribution in [3.8, 4) is 0 Å². The third kappa shape index (κ3) is 2.29. The lowest BCUT2D eigenvalue weighted by atomic mass is 9.96. The fraction of sp³-hybridized carbons (Fsp3) is 1.00. The molecule has 0 aromatic heterocycles. The summed E-state index contributed by atoms with van der Waals surface area (Å²) in [6.07, 6.45) is 6.87. The van der Waals surface area contributed by atoms with E-state index in [1.54, 1.807) is 0 Å². The standard InChI is InChI=1S/C12H24N2/c1-9-4-3-5-10(2)14(9)8-12(13)11-6-7-11/h9-12H,3-8,13H2,1-2H3. The molecule has 2 fully saturated rings. The van der Waals surface area contributed by atoms with Gasteiger partial charge in [-0.1, -0.05) is 6.42 Å². The van der Waals surface area contributed by atoms with Crippen LogP contribution >= 0.6 is 0 Å². The van der Waals surface area contributed by atoms with E-state index in [1.165, 1.54) is 32.1 Å². The van der Waals surface area contributed by atoms with Crippen LogP contribution in [0, 0.1) is 5.92 Å². The van der Waals surface area contributed by atoms with E-state index in [4.69, 9.17) is 5.73 Å². The highest BCUT2D eigenvalue weighted by Crippen LogP contribution is 2.33. The average Bonchev–Trinajstić information content (AvgIpc) is 2.94. The molecule has 0 amide bonds. The zero-order valence-corrected chi connectivity index (χ0v) is 9.58. The van der Waals surface area contributed by atoms with Crippen molar-refractivity contribution in [1.82, 2.24) is 4.90 Å². The molecule has 14 heavy (non-hydrogen) atoms. The van der Waals surface area contributed by atoms with E-state index < -0.39 is 0 Å². The number of rotatable bonds is 3. The third-order valence-electron chi connectivity index (χ3n) is 4.03. The molecule has 2 N–H and O–H groups in total. The second-order valence-corrected chi connectivity index (χ2v) is 5.33. The van der Waals surface area contributed by atoms with Gasteiger partial charge in [-0.3, -0.25) is 4.90 Å². The van der Waals surface area contributed by atoms with Crippen molar-refractivity contribution in [2.24, 2.45) is 11.7 Å². The fourth-order valence-corrected chi connectivity index (χ4v) is 2.75. The molecule has 0 bridgehead atoms. The largest absolute Gasteiger partial charge is 0.326 e. The highest BCUT2D eigenvalue weighted by molar-refractivity contribution is 4.89. The first-order valence-electron chi connectivity index (χ1n) is 6.20. The molecule has 2 nitrogen and oxygen atoms in total. The number of hydrogen-bond donors (Lipinski definition) is 1. The van der Waals surface area contributed by atoms with Crippen molar-refractivity contribution in [2.75, 3.05) is 6.54 Å². The lowest BCUT2D eigenvalue weighted by Crippen LogP contribution is -2.49. The smallest absolute Gasteiger partial charge is 0.0196 e. The van der Waals surface area contributed by atoms with Gasteiger partial charge >= 0.3 is 0 Å². The van der Waals surface area contributed by atoms with Gasteiger partial charge in [0, 0.05) is 24.7 Å². The van der Waals surface area contributed by atoms with Gasteiger partial charge in [0.25, 0.3) is 0 Å². The minimum atomic E-state index is 0.443. The van der Waals surface area contributed by atoms with Crippen LogP contribution in [0.2, 0.25) is 0 Å². The van der Waals surface area contributed by atoms with E-state index in [0.29, 0.717) is 6.04 Å². The van der Waals surface area contributed by atoms with Gasteiger partial charge in [0.1, 0.15) is 0 Å². The molecule has 1 aliphatic heterocycles. The highest BCUT2D eigenvalue weighted by atomic mass is 15.2. The van der Waals surface area contributed by atoms with Crippen LogP contribution < -0.4 is 5.73 Å². The Balaban J connectivity index is 1.86. The summed E-state index contributed by atoms with van der Waals surface area (Å²) in [7, 11) is 0. The predicted octanol–water partition coefficient (Wildman–Crippen LogP) is 1.99. The molecule has 2 aliphatic rings. The van der Waals surface area contributed by atoms with Crippen molar-refractivity contribution in [2.45, 2.75) is 64.1 Å². The van der Waals surface area contributed by atoms with Crippen LogP contribution in [0.1, 0.15) is 46.0 Å². The van der Waals surface area contributed by atoms with Crippen LogP contribution in [0.5, 0.6) is 0 Å². The first-order chi connectivity index (χ1) is 6.68. The number of nitrogens with zero attached hydrogens (tertiary/aromatic N) is 1. The number of piperidine rings is 1. The Bertz CT molecular complexity index is 179. The van der Waals surface area contributed by atoms with Crippen LogP contribution in [-0.2, 0) is 0 Å². The monoisotopic (exact) mass is 196 g/mol. The molecule has 0 aromatic carbocycles.